The van der Waals surface area contributed by atoms with Gasteiger partial charge in [0.2, 0.25) is 0 Å². The van der Waals surface area contributed by atoms with E-state index in [4.69, 9.17) is 0 Å². The van der Waals surface area contributed by atoms with Crippen molar-refractivity contribution in [3.8, 4) is 0 Å². The van der Waals surface area contributed by atoms with Crippen molar-refractivity contribution in [1.82, 2.24) is 5.53 Å². The lowest BCUT2D eigenvalue weighted by Crippen LogP contribution is -2.31. The van der Waals surface area contributed by atoms with E-state index in [1.54, 1.807) is 0 Å². The Kier molecular flexibility index (Phi) is 1.73. The molecular weight excluding hydrogens is 218 g/mol. The Balaban J connectivity index is 2.60. The van der Waals surface area contributed by atoms with Gasteiger partial charge in [-0.05, 0) is 40.5 Å². The maximum atomic E-state index is 3.52. The van der Waals surface area contributed by atoms with E-state index in [1.807, 2.05) is 12.1 Å². The summed E-state index contributed by atoms with van der Waals surface area (Å²) in [5.74, 6) is 0. The molecule has 0 saturated heterocycles. The number of anilines is 2. The standard InChI is InChI=1S/C8H10BrN3/c1-5-3-6(9)8-7(4-5)10-11-12(8)2/h3-4,10-11H,1-2H3. The molecule has 1 aliphatic rings. The zero-order valence-electron chi connectivity index (χ0n) is 6.98. The van der Waals surface area contributed by atoms with Gasteiger partial charge in [0, 0.05) is 11.5 Å². The third kappa shape index (κ3) is 1.07. The van der Waals surface area contributed by atoms with Crippen LogP contribution in [0.2, 0.25) is 0 Å². The van der Waals surface area contributed by atoms with E-state index in [0.29, 0.717) is 0 Å². The Morgan fingerprint density at radius 3 is 2.92 bits per heavy atom. The molecular formula is C8H10BrN3. The Morgan fingerprint density at radius 2 is 2.17 bits per heavy atom. The van der Waals surface area contributed by atoms with Gasteiger partial charge in [-0.3, -0.25) is 5.01 Å². The average molecular weight is 228 g/mol. The molecule has 1 aliphatic heterocycles. The molecule has 0 aromatic heterocycles. The summed E-state index contributed by atoms with van der Waals surface area (Å²) in [5.41, 5.74) is 9.59. The highest BCUT2D eigenvalue weighted by Crippen LogP contribution is 2.36. The van der Waals surface area contributed by atoms with Crippen molar-refractivity contribution < 1.29 is 0 Å². The van der Waals surface area contributed by atoms with Gasteiger partial charge in [-0.1, -0.05) is 0 Å². The SMILES string of the molecule is Cc1cc(Br)c2c(c1)NNN2C. The third-order valence-corrected chi connectivity index (χ3v) is 2.51. The molecule has 2 N–H and O–H groups in total. The molecule has 0 spiro atoms. The molecule has 0 atom stereocenters. The van der Waals surface area contributed by atoms with E-state index >= 15 is 0 Å². The molecule has 12 heavy (non-hydrogen) atoms. The van der Waals surface area contributed by atoms with E-state index in [-0.39, 0.29) is 0 Å². The Hall–Kier alpha value is -0.740. The van der Waals surface area contributed by atoms with Crippen molar-refractivity contribution in [2.24, 2.45) is 0 Å². The van der Waals surface area contributed by atoms with E-state index in [1.165, 1.54) is 5.56 Å². The Labute approximate surface area is 79.8 Å². The highest BCUT2D eigenvalue weighted by molar-refractivity contribution is 9.10. The number of nitrogens with zero attached hydrogens (tertiary/aromatic N) is 1. The lowest BCUT2D eigenvalue weighted by molar-refractivity contribution is 0.819. The third-order valence-electron chi connectivity index (χ3n) is 1.90. The minimum atomic E-state index is 1.11. The molecule has 1 aromatic rings. The fourth-order valence-corrected chi connectivity index (χ4v) is 2.21. The molecule has 0 amide bonds. The smallest absolute Gasteiger partial charge is 0.0921 e. The van der Waals surface area contributed by atoms with Gasteiger partial charge < -0.3 is 5.43 Å². The van der Waals surface area contributed by atoms with Gasteiger partial charge in [-0.25, -0.2) is 0 Å². The molecule has 0 unspecified atom stereocenters. The maximum absolute atomic E-state index is 3.52. The number of aryl methyl sites for hydroxylation is 1. The number of nitrogens with one attached hydrogen (secondary N) is 2. The first-order valence-electron chi connectivity index (χ1n) is 3.74. The van der Waals surface area contributed by atoms with Crippen LogP contribution in [0.5, 0.6) is 0 Å². The Bertz CT molecular complexity index is 324. The molecule has 4 heteroatoms. The summed E-state index contributed by atoms with van der Waals surface area (Å²) in [7, 11) is 1.97. The van der Waals surface area contributed by atoms with Crippen LogP contribution in [0.4, 0.5) is 11.4 Å². The molecule has 0 fully saturated rings. The number of hydrogen-bond donors (Lipinski definition) is 2. The Morgan fingerprint density at radius 1 is 1.42 bits per heavy atom. The molecule has 0 saturated carbocycles. The predicted octanol–water partition coefficient (Wildman–Crippen LogP) is 2.04. The van der Waals surface area contributed by atoms with Gasteiger partial charge in [0.15, 0.2) is 0 Å². The van der Waals surface area contributed by atoms with Crippen LogP contribution in [0.1, 0.15) is 5.56 Å². The summed E-state index contributed by atoms with van der Waals surface area (Å²) in [6, 6.07) is 4.21. The summed E-state index contributed by atoms with van der Waals surface area (Å²) in [6.45, 7) is 2.07. The second-order valence-corrected chi connectivity index (χ2v) is 3.79. The largest absolute Gasteiger partial charge is 0.302 e. The second kappa shape index (κ2) is 2.64. The zero-order valence-corrected chi connectivity index (χ0v) is 8.57. The molecule has 0 aliphatic carbocycles. The van der Waals surface area contributed by atoms with Gasteiger partial charge in [-0.15, -0.1) is 5.53 Å². The quantitative estimate of drug-likeness (QED) is 0.711. The van der Waals surface area contributed by atoms with Crippen molar-refractivity contribution in [1.29, 1.82) is 0 Å². The van der Waals surface area contributed by atoms with E-state index in [9.17, 15) is 0 Å². The summed E-state index contributed by atoms with van der Waals surface area (Å²) < 4.78 is 1.11. The molecule has 64 valence electrons. The number of fused-ring (bicyclic) bond motifs is 1. The predicted molar refractivity (Wildman–Crippen MR) is 54.0 cm³/mol. The van der Waals surface area contributed by atoms with Crippen molar-refractivity contribution in [3.05, 3.63) is 22.2 Å². The van der Waals surface area contributed by atoms with E-state index in [0.717, 1.165) is 15.8 Å². The molecule has 2 rings (SSSR count). The van der Waals surface area contributed by atoms with Crippen LogP contribution < -0.4 is 16.0 Å². The average Bonchev–Trinajstić information content (AvgIpc) is 2.31. The number of hydrogen-bond acceptors (Lipinski definition) is 3. The van der Waals surface area contributed by atoms with Crippen LogP contribution in [-0.4, -0.2) is 7.05 Å². The first-order valence-corrected chi connectivity index (χ1v) is 4.53. The first kappa shape index (κ1) is 7.89. The minimum Gasteiger partial charge on any atom is -0.302 e. The van der Waals surface area contributed by atoms with E-state index in [2.05, 4.69) is 45.9 Å². The van der Waals surface area contributed by atoms with Gasteiger partial charge in [-0.2, -0.15) is 0 Å². The van der Waals surface area contributed by atoms with Crippen LogP contribution in [0.3, 0.4) is 0 Å². The number of hydrazine groups is 2. The highest BCUT2D eigenvalue weighted by atomic mass is 79.9. The second-order valence-electron chi connectivity index (χ2n) is 2.94. The summed E-state index contributed by atoms with van der Waals surface area (Å²) in [5, 5.41) is 1.94. The van der Waals surface area contributed by atoms with Crippen LogP contribution in [0.15, 0.2) is 16.6 Å². The topological polar surface area (TPSA) is 27.3 Å². The van der Waals surface area contributed by atoms with Crippen LogP contribution >= 0.6 is 15.9 Å². The van der Waals surface area contributed by atoms with Crippen molar-refractivity contribution >= 4 is 27.3 Å². The zero-order chi connectivity index (χ0) is 8.72. The van der Waals surface area contributed by atoms with Gasteiger partial charge in [0.05, 0.1) is 11.4 Å². The molecule has 0 radical (unpaired) electrons. The van der Waals surface area contributed by atoms with Gasteiger partial charge >= 0.3 is 0 Å². The maximum Gasteiger partial charge on any atom is 0.0921 e. The number of halogens is 1. The van der Waals surface area contributed by atoms with Crippen LogP contribution in [-0.2, 0) is 0 Å². The highest BCUT2D eigenvalue weighted by Gasteiger charge is 2.17. The summed E-state index contributed by atoms with van der Waals surface area (Å²) in [6.07, 6.45) is 0. The summed E-state index contributed by atoms with van der Waals surface area (Å²) in [4.78, 5) is 0. The first-order chi connectivity index (χ1) is 5.68. The van der Waals surface area contributed by atoms with Crippen LogP contribution in [0, 0.1) is 6.92 Å². The van der Waals surface area contributed by atoms with Crippen molar-refractivity contribution in [2.45, 2.75) is 6.92 Å². The normalized spacial score (nSPS) is 14.4. The minimum absolute atomic E-state index is 1.11. The lowest BCUT2D eigenvalue weighted by Gasteiger charge is -2.11. The number of benzene rings is 1. The monoisotopic (exact) mass is 227 g/mol. The fraction of sp³-hybridized carbons (Fsp3) is 0.250. The fourth-order valence-electron chi connectivity index (χ4n) is 1.37. The summed E-state index contributed by atoms with van der Waals surface area (Å²) >= 11 is 3.52. The van der Waals surface area contributed by atoms with Crippen molar-refractivity contribution in [2.75, 3.05) is 17.5 Å². The van der Waals surface area contributed by atoms with Crippen LogP contribution in [0.25, 0.3) is 0 Å². The molecule has 0 bridgehead atoms. The number of rotatable bonds is 0. The van der Waals surface area contributed by atoms with Gasteiger partial charge in [0.25, 0.3) is 0 Å². The lowest BCUT2D eigenvalue weighted by atomic mass is 10.2. The molecule has 1 aromatic carbocycles. The van der Waals surface area contributed by atoms with Crippen molar-refractivity contribution in [3.63, 3.8) is 0 Å². The van der Waals surface area contributed by atoms with E-state index < -0.39 is 0 Å². The molecule has 1 heterocycles. The molecule has 3 nitrogen and oxygen atoms in total. The van der Waals surface area contributed by atoms with Gasteiger partial charge in [0.1, 0.15) is 0 Å².